The number of thioether (sulfide) groups is 1. The third kappa shape index (κ3) is 5.12. The van der Waals surface area contributed by atoms with Crippen LogP contribution in [0.5, 0.6) is 5.75 Å². The van der Waals surface area contributed by atoms with Crippen LogP contribution in [0.15, 0.2) is 130 Å². The van der Waals surface area contributed by atoms with Crippen LogP contribution in [-0.2, 0) is 17.9 Å². The van der Waals surface area contributed by atoms with Gasteiger partial charge < -0.3 is 9.15 Å². The third-order valence-corrected chi connectivity index (χ3v) is 7.24. The van der Waals surface area contributed by atoms with Crippen LogP contribution in [0.2, 0.25) is 0 Å². The van der Waals surface area contributed by atoms with E-state index in [1.54, 1.807) is 11.2 Å². The van der Waals surface area contributed by atoms with E-state index in [0.29, 0.717) is 34.7 Å². The van der Waals surface area contributed by atoms with Gasteiger partial charge in [0.2, 0.25) is 0 Å². The normalized spacial score (nSPS) is 15.6. The Morgan fingerprint density at radius 2 is 1.63 bits per heavy atom. The molecular weight excluding hydrogens is 492 g/mol. The Morgan fingerprint density at radius 1 is 0.842 bits per heavy atom. The Balaban J connectivity index is 1.29. The summed E-state index contributed by atoms with van der Waals surface area (Å²) in [4.78, 5) is 20.5. The minimum Gasteiger partial charge on any atom is -0.488 e. The molecule has 1 aliphatic heterocycles. The molecule has 1 aromatic heterocycles. The first-order valence-electron chi connectivity index (χ1n) is 12.3. The second kappa shape index (κ2) is 10.8. The van der Waals surface area contributed by atoms with Crippen LogP contribution in [0.1, 0.15) is 16.9 Å². The number of amides is 1. The van der Waals surface area contributed by atoms with E-state index in [1.165, 1.54) is 22.5 Å². The summed E-state index contributed by atoms with van der Waals surface area (Å²) in [6.45, 7) is 0.731. The van der Waals surface area contributed by atoms with Crippen LogP contribution in [0.3, 0.4) is 0 Å². The molecule has 2 heterocycles. The van der Waals surface area contributed by atoms with E-state index in [1.807, 2.05) is 91.0 Å². The van der Waals surface area contributed by atoms with Crippen molar-refractivity contribution in [2.45, 2.75) is 13.2 Å². The molecule has 186 valence electrons. The molecule has 5 nitrogen and oxygen atoms in total. The lowest BCUT2D eigenvalue weighted by atomic mass is 10.1. The number of para-hydroxylation sites is 2. The van der Waals surface area contributed by atoms with E-state index in [4.69, 9.17) is 14.1 Å². The highest BCUT2D eigenvalue weighted by molar-refractivity contribution is 8.18. The van der Waals surface area contributed by atoms with Gasteiger partial charge in [0.15, 0.2) is 5.17 Å². The van der Waals surface area contributed by atoms with E-state index >= 15 is 0 Å². The summed E-state index contributed by atoms with van der Waals surface area (Å²) in [6.07, 6.45) is 3.49. The first-order valence-corrected chi connectivity index (χ1v) is 13.1. The highest BCUT2D eigenvalue weighted by atomic mass is 32.2. The largest absolute Gasteiger partial charge is 0.488 e. The fourth-order valence-corrected chi connectivity index (χ4v) is 5.34. The number of fused-ring (bicyclic) bond motifs is 1. The summed E-state index contributed by atoms with van der Waals surface area (Å²) >= 11 is 1.35. The maximum Gasteiger partial charge on any atom is 0.267 e. The van der Waals surface area contributed by atoms with Crippen molar-refractivity contribution in [3.63, 3.8) is 0 Å². The Hall–Kier alpha value is -4.55. The molecule has 6 heteroatoms. The van der Waals surface area contributed by atoms with E-state index in [9.17, 15) is 4.79 Å². The monoisotopic (exact) mass is 516 g/mol. The Bertz CT molecular complexity index is 1640. The van der Waals surface area contributed by atoms with Crippen LogP contribution >= 0.6 is 11.8 Å². The second-order valence-corrected chi connectivity index (χ2v) is 9.79. The molecule has 0 saturated carbocycles. The van der Waals surface area contributed by atoms with Crippen molar-refractivity contribution in [2.24, 2.45) is 4.99 Å². The van der Waals surface area contributed by atoms with Crippen molar-refractivity contribution in [1.29, 1.82) is 0 Å². The van der Waals surface area contributed by atoms with Gasteiger partial charge in [0.05, 0.1) is 23.4 Å². The minimum atomic E-state index is -0.120. The molecule has 6 rings (SSSR count). The SMILES string of the molecule is O=C1/C(=C/c2ccccc2OCc2cccc3ccccc23)SC(=Nc2ccccc2)N1Cc1ccco1. The van der Waals surface area contributed by atoms with Gasteiger partial charge in [0, 0.05) is 5.56 Å². The second-order valence-electron chi connectivity index (χ2n) is 8.78. The Labute approximate surface area is 225 Å². The molecule has 38 heavy (non-hydrogen) atoms. The first kappa shape index (κ1) is 23.8. The highest BCUT2D eigenvalue weighted by Gasteiger charge is 2.34. The van der Waals surface area contributed by atoms with Crippen molar-refractivity contribution < 1.29 is 13.9 Å². The van der Waals surface area contributed by atoms with Gasteiger partial charge >= 0.3 is 0 Å². The molecule has 0 unspecified atom stereocenters. The van der Waals surface area contributed by atoms with Gasteiger partial charge in [-0.15, -0.1) is 0 Å². The summed E-state index contributed by atoms with van der Waals surface area (Å²) in [5.41, 5.74) is 2.73. The topological polar surface area (TPSA) is 55.0 Å². The van der Waals surface area contributed by atoms with Gasteiger partial charge in [-0.2, -0.15) is 0 Å². The molecular formula is C32H24N2O3S. The van der Waals surface area contributed by atoms with Gasteiger partial charge in [-0.05, 0) is 64.5 Å². The average molecular weight is 517 g/mol. The number of ether oxygens (including phenoxy) is 1. The maximum absolute atomic E-state index is 13.5. The van der Waals surface area contributed by atoms with Crippen LogP contribution in [-0.4, -0.2) is 16.0 Å². The first-order chi connectivity index (χ1) is 18.7. The van der Waals surface area contributed by atoms with Crippen LogP contribution in [0.25, 0.3) is 16.8 Å². The zero-order valence-corrected chi connectivity index (χ0v) is 21.3. The van der Waals surface area contributed by atoms with Crippen molar-refractivity contribution in [3.05, 3.63) is 137 Å². The average Bonchev–Trinajstić information content (AvgIpc) is 3.57. The van der Waals surface area contributed by atoms with Crippen LogP contribution in [0.4, 0.5) is 5.69 Å². The standard InChI is InChI=1S/C32H24N2O3S/c35-31-30(38-32(33-26-14-2-1-3-15-26)34(31)21-27-16-9-19-36-27)20-24-11-5-7-18-29(24)37-22-25-13-8-12-23-10-4-6-17-28(23)25/h1-20H,21-22H2/b30-20-,33-32?. The quantitative estimate of drug-likeness (QED) is 0.207. The van der Waals surface area contributed by atoms with Gasteiger partial charge in [-0.25, -0.2) is 4.99 Å². The number of hydrogen-bond acceptors (Lipinski definition) is 5. The van der Waals surface area contributed by atoms with Gasteiger partial charge in [0.1, 0.15) is 18.1 Å². The summed E-state index contributed by atoms with van der Waals surface area (Å²) in [6, 6.07) is 35.6. The van der Waals surface area contributed by atoms with Gasteiger partial charge in [-0.1, -0.05) is 78.9 Å². The maximum atomic E-state index is 13.5. The summed E-state index contributed by atoms with van der Waals surface area (Å²) in [5.74, 6) is 1.29. The highest BCUT2D eigenvalue weighted by Crippen LogP contribution is 2.36. The fourth-order valence-electron chi connectivity index (χ4n) is 4.35. The number of amidine groups is 1. The molecule has 0 spiro atoms. The molecule has 1 amide bonds. The zero-order valence-electron chi connectivity index (χ0n) is 20.5. The van der Waals surface area contributed by atoms with Gasteiger partial charge in [0.25, 0.3) is 5.91 Å². The number of carbonyl (C=O) groups is 1. The molecule has 1 fully saturated rings. The number of rotatable bonds is 7. The van der Waals surface area contributed by atoms with Crippen molar-refractivity contribution in [2.75, 3.05) is 0 Å². The van der Waals surface area contributed by atoms with E-state index < -0.39 is 0 Å². The summed E-state index contributed by atoms with van der Waals surface area (Å²) < 4.78 is 11.8. The molecule has 0 N–H and O–H groups in total. The summed E-state index contributed by atoms with van der Waals surface area (Å²) in [7, 11) is 0. The number of hydrogen-bond donors (Lipinski definition) is 0. The molecule has 5 aromatic rings. The van der Waals surface area contributed by atoms with E-state index in [0.717, 1.165) is 16.8 Å². The van der Waals surface area contributed by atoms with Crippen LogP contribution < -0.4 is 4.74 Å². The number of benzene rings is 4. The molecule has 1 aliphatic rings. The van der Waals surface area contributed by atoms with E-state index in [2.05, 4.69) is 24.3 Å². The smallest absolute Gasteiger partial charge is 0.267 e. The van der Waals surface area contributed by atoms with Crippen molar-refractivity contribution >= 4 is 45.4 Å². The number of aliphatic imine (C=N–C) groups is 1. The molecule has 1 saturated heterocycles. The number of carbonyl (C=O) groups excluding carboxylic acids is 1. The van der Waals surface area contributed by atoms with Crippen molar-refractivity contribution in [1.82, 2.24) is 4.90 Å². The number of nitrogens with zero attached hydrogens (tertiary/aromatic N) is 2. The molecule has 4 aromatic carbocycles. The van der Waals surface area contributed by atoms with Crippen LogP contribution in [0, 0.1) is 0 Å². The third-order valence-electron chi connectivity index (χ3n) is 6.23. The fraction of sp³-hybridized carbons (Fsp3) is 0.0625. The Kier molecular flexibility index (Phi) is 6.79. The lowest BCUT2D eigenvalue weighted by Crippen LogP contribution is -2.28. The molecule has 0 atom stereocenters. The minimum absolute atomic E-state index is 0.120. The molecule has 0 bridgehead atoms. The lowest BCUT2D eigenvalue weighted by molar-refractivity contribution is -0.122. The lowest BCUT2D eigenvalue weighted by Gasteiger charge is -2.14. The van der Waals surface area contributed by atoms with Crippen molar-refractivity contribution in [3.8, 4) is 5.75 Å². The molecule has 0 radical (unpaired) electrons. The van der Waals surface area contributed by atoms with Gasteiger partial charge in [-0.3, -0.25) is 9.69 Å². The van der Waals surface area contributed by atoms with E-state index in [-0.39, 0.29) is 5.91 Å². The zero-order chi connectivity index (χ0) is 25.7. The Morgan fingerprint density at radius 3 is 2.50 bits per heavy atom. The molecule has 0 aliphatic carbocycles. The summed E-state index contributed by atoms with van der Waals surface area (Å²) in [5, 5.41) is 2.96. The number of furan rings is 1. The predicted molar refractivity (Wildman–Crippen MR) is 153 cm³/mol. The predicted octanol–water partition coefficient (Wildman–Crippen LogP) is 7.82.